The van der Waals surface area contributed by atoms with Crippen LogP contribution >= 0.6 is 0 Å². The van der Waals surface area contributed by atoms with Crippen molar-refractivity contribution < 1.29 is 4.39 Å². The van der Waals surface area contributed by atoms with Crippen LogP contribution in [0.5, 0.6) is 0 Å². The zero-order valence-electron chi connectivity index (χ0n) is 11.0. The SMILES string of the molecule is CC1CCCCC1N(C)c1ccc(C#N)c(F)c1. The smallest absolute Gasteiger partial charge is 0.143 e. The number of halogens is 1. The second kappa shape index (κ2) is 5.39. The first-order chi connectivity index (χ1) is 8.63. The third-order valence-corrected chi connectivity index (χ3v) is 4.04. The lowest BCUT2D eigenvalue weighted by Gasteiger charge is -2.37. The fourth-order valence-corrected chi connectivity index (χ4v) is 2.88. The maximum absolute atomic E-state index is 13.6. The van der Waals surface area contributed by atoms with Gasteiger partial charge in [0.15, 0.2) is 0 Å². The summed E-state index contributed by atoms with van der Waals surface area (Å²) >= 11 is 0. The molecule has 1 saturated carbocycles. The lowest BCUT2D eigenvalue weighted by atomic mass is 9.85. The summed E-state index contributed by atoms with van der Waals surface area (Å²) in [7, 11) is 2.02. The standard InChI is InChI=1S/C15H19FN2/c1-11-5-3-4-6-15(11)18(2)13-8-7-12(10-17)14(16)9-13/h7-9,11,15H,3-6H2,1-2H3. The summed E-state index contributed by atoms with van der Waals surface area (Å²) in [5.74, 6) is 0.216. The first-order valence-electron chi connectivity index (χ1n) is 6.56. The highest BCUT2D eigenvalue weighted by Gasteiger charge is 2.25. The van der Waals surface area contributed by atoms with E-state index in [1.54, 1.807) is 6.07 Å². The summed E-state index contributed by atoms with van der Waals surface area (Å²) in [6, 6.07) is 7.21. The van der Waals surface area contributed by atoms with E-state index < -0.39 is 5.82 Å². The number of rotatable bonds is 2. The van der Waals surface area contributed by atoms with Crippen LogP contribution in [0.1, 0.15) is 38.2 Å². The van der Waals surface area contributed by atoms with E-state index >= 15 is 0 Å². The van der Waals surface area contributed by atoms with Crippen molar-refractivity contribution in [1.82, 2.24) is 0 Å². The third kappa shape index (κ3) is 2.48. The Labute approximate surface area is 108 Å². The van der Waals surface area contributed by atoms with E-state index in [1.165, 1.54) is 31.7 Å². The van der Waals surface area contributed by atoms with Crippen LogP contribution in [0.3, 0.4) is 0 Å². The summed E-state index contributed by atoms with van der Waals surface area (Å²) in [5, 5.41) is 8.74. The molecule has 3 heteroatoms. The van der Waals surface area contributed by atoms with Gasteiger partial charge in [0.2, 0.25) is 0 Å². The highest BCUT2D eigenvalue weighted by Crippen LogP contribution is 2.30. The molecule has 96 valence electrons. The fourth-order valence-electron chi connectivity index (χ4n) is 2.88. The maximum atomic E-state index is 13.6. The molecule has 1 fully saturated rings. The van der Waals surface area contributed by atoms with Crippen molar-refractivity contribution in [1.29, 1.82) is 5.26 Å². The van der Waals surface area contributed by atoms with Crippen LogP contribution < -0.4 is 4.90 Å². The number of benzene rings is 1. The summed E-state index contributed by atoms with van der Waals surface area (Å²) in [6.45, 7) is 2.26. The molecule has 0 bridgehead atoms. The Morgan fingerprint density at radius 2 is 2.06 bits per heavy atom. The van der Waals surface area contributed by atoms with Crippen molar-refractivity contribution in [3.8, 4) is 6.07 Å². The Morgan fingerprint density at radius 3 is 2.67 bits per heavy atom. The van der Waals surface area contributed by atoms with Crippen LogP contribution in [0, 0.1) is 23.1 Å². The lowest BCUT2D eigenvalue weighted by Crippen LogP contribution is -2.39. The van der Waals surface area contributed by atoms with E-state index in [4.69, 9.17) is 5.26 Å². The van der Waals surface area contributed by atoms with Crippen LogP contribution in [-0.2, 0) is 0 Å². The van der Waals surface area contributed by atoms with Crippen molar-refractivity contribution in [3.63, 3.8) is 0 Å². The van der Waals surface area contributed by atoms with Gasteiger partial charge >= 0.3 is 0 Å². The number of nitriles is 1. The molecule has 0 aliphatic heterocycles. The van der Waals surface area contributed by atoms with Gasteiger partial charge in [-0.3, -0.25) is 0 Å². The molecule has 0 radical (unpaired) electrons. The first-order valence-corrected chi connectivity index (χ1v) is 6.56. The van der Waals surface area contributed by atoms with Gasteiger partial charge in [0.1, 0.15) is 11.9 Å². The van der Waals surface area contributed by atoms with Gasteiger partial charge in [0, 0.05) is 18.8 Å². The molecule has 0 spiro atoms. The van der Waals surface area contributed by atoms with Crippen molar-refractivity contribution >= 4 is 5.69 Å². The Balaban J connectivity index is 2.20. The Morgan fingerprint density at radius 1 is 1.33 bits per heavy atom. The molecule has 1 aliphatic rings. The average molecular weight is 246 g/mol. The minimum absolute atomic E-state index is 0.115. The van der Waals surface area contributed by atoms with E-state index in [2.05, 4.69) is 11.8 Å². The maximum Gasteiger partial charge on any atom is 0.143 e. The minimum atomic E-state index is -0.426. The molecule has 0 saturated heterocycles. The number of nitrogens with zero attached hydrogens (tertiary/aromatic N) is 2. The van der Waals surface area contributed by atoms with Gasteiger partial charge < -0.3 is 4.90 Å². The molecule has 2 nitrogen and oxygen atoms in total. The summed E-state index contributed by atoms with van der Waals surface area (Å²) < 4.78 is 13.6. The normalized spacial score (nSPS) is 23.4. The van der Waals surface area contributed by atoms with Crippen LogP contribution in [-0.4, -0.2) is 13.1 Å². The number of anilines is 1. The Kier molecular flexibility index (Phi) is 3.86. The predicted octanol–water partition coefficient (Wildman–Crippen LogP) is 3.71. The van der Waals surface area contributed by atoms with Gasteiger partial charge in [-0.25, -0.2) is 4.39 Å². The Bertz CT molecular complexity index is 464. The third-order valence-electron chi connectivity index (χ3n) is 4.04. The molecule has 0 N–H and O–H groups in total. The molecule has 0 amide bonds. The van der Waals surface area contributed by atoms with Gasteiger partial charge in [-0.1, -0.05) is 19.8 Å². The average Bonchev–Trinajstić information content (AvgIpc) is 2.38. The molecule has 0 heterocycles. The molecule has 1 aromatic carbocycles. The van der Waals surface area contributed by atoms with Crippen molar-refractivity contribution in [3.05, 3.63) is 29.6 Å². The van der Waals surface area contributed by atoms with Gasteiger partial charge in [-0.2, -0.15) is 5.26 Å². The summed E-state index contributed by atoms with van der Waals surface area (Å²) in [6.07, 6.45) is 4.96. The van der Waals surface area contributed by atoms with Crippen LogP contribution in [0.25, 0.3) is 0 Å². The van der Waals surface area contributed by atoms with E-state index in [0.29, 0.717) is 12.0 Å². The molecule has 1 aliphatic carbocycles. The van der Waals surface area contributed by atoms with E-state index in [0.717, 1.165) is 5.69 Å². The predicted molar refractivity (Wildman–Crippen MR) is 70.9 cm³/mol. The molecule has 2 unspecified atom stereocenters. The van der Waals surface area contributed by atoms with Crippen LogP contribution in [0.15, 0.2) is 18.2 Å². The molecule has 2 atom stereocenters. The quantitative estimate of drug-likeness (QED) is 0.795. The molecular formula is C15H19FN2. The van der Waals surface area contributed by atoms with E-state index in [-0.39, 0.29) is 5.56 Å². The number of hydrogen-bond acceptors (Lipinski definition) is 2. The molecule has 18 heavy (non-hydrogen) atoms. The molecule has 2 rings (SSSR count). The van der Waals surface area contributed by atoms with Crippen molar-refractivity contribution in [2.75, 3.05) is 11.9 Å². The summed E-state index contributed by atoms with van der Waals surface area (Å²) in [5.41, 5.74) is 0.981. The minimum Gasteiger partial charge on any atom is -0.371 e. The first kappa shape index (κ1) is 12.9. The molecule has 1 aromatic rings. The van der Waals surface area contributed by atoms with Gasteiger partial charge in [-0.15, -0.1) is 0 Å². The zero-order valence-corrected chi connectivity index (χ0v) is 11.0. The number of hydrogen-bond donors (Lipinski definition) is 0. The lowest BCUT2D eigenvalue weighted by molar-refractivity contribution is 0.321. The van der Waals surface area contributed by atoms with Gasteiger partial charge in [0.25, 0.3) is 0 Å². The zero-order chi connectivity index (χ0) is 13.1. The summed E-state index contributed by atoms with van der Waals surface area (Å²) in [4.78, 5) is 2.16. The van der Waals surface area contributed by atoms with Crippen LogP contribution in [0.4, 0.5) is 10.1 Å². The molecular weight excluding hydrogens is 227 g/mol. The molecule has 0 aromatic heterocycles. The Hall–Kier alpha value is -1.56. The second-order valence-electron chi connectivity index (χ2n) is 5.22. The fraction of sp³-hybridized carbons (Fsp3) is 0.533. The topological polar surface area (TPSA) is 27.0 Å². The van der Waals surface area contributed by atoms with Crippen molar-refractivity contribution in [2.24, 2.45) is 5.92 Å². The van der Waals surface area contributed by atoms with E-state index in [9.17, 15) is 4.39 Å². The largest absolute Gasteiger partial charge is 0.371 e. The highest BCUT2D eigenvalue weighted by atomic mass is 19.1. The van der Waals surface area contributed by atoms with Gasteiger partial charge in [0.05, 0.1) is 5.56 Å². The monoisotopic (exact) mass is 246 g/mol. The van der Waals surface area contributed by atoms with E-state index in [1.807, 2.05) is 19.2 Å². The second-order valence-corrected chi connectivity index (χ2v) is 5.22. The van der Waals surface area contributed by atoms with Gasteiger partial charge in [-0.05, 0) is 37.0 Å². The van der Waals surface area contributed by atoms with Crippen LogP contribution in [0.2, 0.25) is 0 Å². The van der Waals surface area contributed by atoms with Crippen molar-refractivity contribution in [2.45, 2.75) is 38.6 Å². The highest BCUT2D eigenvalue weighted by molar-refractivity contribution is 5.50.